The van der Waals surface area contributed by atoms with Gasteiger partial charge >= 0.3 is 0 Å². The molecule has 0 aliphatic rings. The highest BCUT2D eigenvalue weighted by molar-refractivity contribution is 7.13. The first-order valence-electron chi connectivity index (χ1n) is 5.47. The maximum atomic E-state index is 11.6. The first kappa shape index (κ1) is 12.0. The Balaban J connectivity index is 2.55. The standard InChI is InChI=1S/C12H15N3OS/c1-3-12(2,13)11-14-8(7-10(16)15-11)9-5-4-6-17-9/h4-7H,3,13H2,1-2H3,(H,14,15,16)/t12-/m0/s1. The van der Waals surface area contributed by atoms with E-state index in [1.807, 2.05) is 31.4 Å². The molecule has 0 unspecified atom stereocenters. The quantitative estimate of drug-likeness (QED) is 0.874. The Morgan fingerprint density at radius 1 is 1.59 bits per heavy atom. The van der Waals surface area contributed by atoms with Crippen LogP contribution in [-0.2, 0) is 5.54 Å². The fraction of sp³-hybridized carbons (Fsp3) is 0.333. The molecule has 4 nitrogen and oxygen atoms in total. The lowest BCUT2D eigenvalue weighted by atomic mass is 9.99. The average molecular weight is 249 g/mol. The zero-order chi connectivity index (χ0) is 12.5. The Morgan fingerprint density at radius 2 is 2.35 bits per heavy atom. The van der Waals surface area contributed by atoms with E-state index >= 15 is 0 Å². The van der Waals surface area contributed by atoms with Crippen LogP contribution in [0.1, 0.15) is 26.1 Å². The van der Waals surface area contributed by atoms with Crippen molar-refractivity contribution < 1.29 is 0 Å². The van der Waals surface area contributed by atoms with Gasteiger partial charge < -0.3 is 10.7 Å². The smallest absolute Gasteiger partial charge is 0.251 e. The highest BCUT2D eigenvalue weighted by atomic mass is 32.1. The fourth-order valence-corrected chi connectivity index (χ4v) is 2.13. The summed E-state index contributed by atoms with van der Waals surface area (Å²) in [5.41, 5.74) is 6.02. The van der Waals surface area contributed by atoms with Crippen LogP contribution in [0.25, 0.3) is 10.6 Å². The molecule has 2 rings (SSSR count). The van der Waals surface area contributed by atoms with E-state index < -0.39 is 5.54 Å². The van der Waals surface area contributed by atoms with Crippen LogP contribution < -0.4 is 11.3 Å². The first-order chi connectivity index (χ1) is 8.03. The molecule has 0 fully saturated rings. The van der Waals surface area contributed by atoms with Crippen molar-refractivity contribution in [3.8, 4) is 10.6 Å². The van der Waals surface area contributed by atoms with Crippen LogP contribution in [0.3, 0.4) is 0 Å². The number of thiophene rings is 1. The van der Waals surface area contributed by atoms with Gasteiger partial charge in [-0.3, -0.25) is 4.79 Å². The SMILES string of the molecule is CC[C@](C)(N)c1nc(-c2cccs2)cc(=O)[nH]1. The minimum Gasteiger partial charge on any atom is -0.319 e. The molecule has 2 aromatic heterocycles. The van der Waals surface area contributed by atoms with Gasteiger partial charge in [0.2, 0.25) is 0 Å². The van der Waals surface area contributed by atoms with Gasteiger partial charge in [-0.25, -0.2) is 4.98 Å². The summed E-state index contributed by atoms with van der Waals surface area (Å²) >= 11 is 1.56. The summed E-state index contributed by atoms with van der Waals surface area (Å²) in [6, 6.07) is 5.38. The zero-order valence-corrected chi connectivity index (χ0v) is 10.7. The third-order valence-corrected chi connectivity index (χ3v) is 3.68. The van der Waals surface area contributed by atoms with Crippen molar-refractivity contribution in [3.63, 3.8) is 0 Å². The molecule has 5 heteroatoms. The van der Waals surface area contributed by atoms with Gasteiger partial charge in [-0.1, -0.05) is 13.0 Å². The van der Waals surface area contributed by atoms with Gasteiger partial charge in [0.15, 0.2) is 0 Å². The third kappa shape index (κ3) is 2.45. The second-order valence-electron chi connectivity index (χ2n) is 4.23. The van der Waals surface area contributed by atoms with E-state index in [0.29, 0.717) is 17.9 Å². The molecule has 0 bridgehead atoms. The summed E-state index contributed by atoms with van der Waals surface area (Å²) in [6.45, 7) is 3.83. The minimum atomic E-state index is -0.605. The molecule has 0 aliphatic heterocycles. The largest absolute Gasteiger partial charge is 0.319 e. The van der Waals surface area contributed by atoms with Gasteiger partial charge in [-0.05, 0) is 24.8 Å². The maximum absolute atomic E-state index is 11.6. The second kappa shape index (κ2) is 4.43. The lowest BCUT2D eigenvalue weighted by molar-refractivity contribution is 0.444. The van der Waals surface area contributed by atoms with Crippen LogP contribution >= 0.6 is 11.3 Å². The van der Waals surface area contributed by atoms with Crippen LogP contribution in [0.5, 0.6) is 0 Å². The predicted octanol–water partition coefficient (Wildman–Crippen LogP) is 2.08. The lowest BCUT2D eigenvalue weighted by Crippen LogP contribution is -2.36. The maximum Gasteiger partial charge on any atom is 0.251 e. The normalized spacial score (nSPS) is 14.5. The van der Waals surface area contributed by atoms with Crippen molar-refractivity contribution in [1.82, 2.24) is 9.97 Å². The Labute approximate surface area is 104 Å². The molecule has 0 radical (unpaired) electrons. The van der Waals surface area contributed by atoms with Crippen LogP contribution in [0.4, 0.5) is 0 Å². The van der Waals surface area contributed by atoms with Crippen LogP contribution in [0, 0.1) is 0 Å². The Bertz CT molecular complexity index is 557. The molecule has 0 saturated heterocycles. The van der Waals surface area contributed by atoms with Gasteiger partial charge in [-0.2, -0.15) is 0 Å². The van der Waals surface area contributed by atoms with Gasteiger partial charge in [0.25, 0.3) is 5.56 Å². The molecule has 17 heavy (non-hydrogen) atoms. The second-order valence-corrected chi connectivity index (χ2v) is 5.18. The van der Waals surface area contributed by atoms with E-state index in [1.54, 1.807) is 11.3 Å². The molecule has 2 heterocycles. The summed E-state index contributed by atoms with van der Waals surface area (Å²) < 4.78 is 0. The Kier molecular flexibility index (Phi) is 3.13. The molecule has 0 aliphatic carbocycles. The number of nitrogens with one attached hydrogen (secondary N) is 1. The summed E-state index contributed by atoms with van der Waals surface area (Å²) in [4.78, 5) is 19.8. The Morgan fingerprint density at radius 3 is 2.94 bits per heavy atom. The zero-order valence-electron chi connectivity index (χ0n) is 9.86. The Hall–Kier alpha value is -1.46. The molecule has 0 amide bonds. The van der Waals surface area contributed by atoms with Crippen molar-refractivity contribution in [3.05, 3.63) is 39.8 Å². The van der Waals surface area contributed by atoms with E-state index in [-0.39, 0.29) is 5.56 Å². The van der Waals surface area contributed by atoms with E-state index in [2.05, 4.69) is 9.97 Å². The highest BCUT2D eigenvalue weighted by Crippen LogP contribution is 2.23. The number of H-pyrrole nitrogens is 1. The topological polar surface area (TPSA) is 71.8 Å². The van der Waals surface area contributed by atoms with Gasteiger partial charge in [0.1, 0.15) is 5.82 Å². The number of hydrogen-bond acceptors (Lipinski definition) is 4. The van der Waals surface area contributed by atoms with Crippen molar-refractivity contribution in [2.24, 2.45) is 5.73 Å². The summed E-state index contributed by atoms with van der Waals surface area (Å²) in [5.74, 6) is 0.538. The summed E-state index contributed by atoms with van der Waals surface area (Å²) in [7, 11) is 0. The van der Waals surface area contributed by atoms with Crippen molar-refractivity contribution >= 4 is 11.3 Å². The van der Waals surface area contributed by atoms with Crippen molar-refractivity contribution in [2.75, 3.05) is 0 Å². The lowest BCUT2D eigenvalue weighted by Gasteiger charge is -2.21. The average Bonchev–Trinajstić information content (AvgIpc) is 2.81. The minimum absolute atomic E-state index is 0.163. The van der Waals surface area contributed by atoms with Crippen molar-refractivity contribution in [1.29, 1.82) is 0 Å². The first-order valence-corrected chi connectivity index (χ1v) is 6.35. The van der Waals surface area contributed by atoms with Gasteiger partial charge in [0, 0.05) is 6.07 Å². The molecule has 0 aromatic carbocycles. The molecular weight excluding hydrogens is 234 g/mol. The monoisotopic (exact) mass is 249 g/mol. The fourth-order valence-electron chi connectivity index (χ4n) is 1.45. The van der Waals surface area contributed by atoms with Crippen LogP contribution in [0.2, 0.25) is 0 Å². The molecular formula is C12H15N3OS. The van der Waals surface area contributed by atoms with Crippen LogP contribution in [0.15, 0.2) is 28.4 Å². The molecule has 90 valence electrons. The van der Waals surface area contributed by atoms with E-state index in [9.17, 15) is 4.79 Å². The number of rotatable bonds is 3. The number of nitrogens with two attached hydrogens (primary N) is 1. The third-order valence-electron chi connectivity index (χ3n) is 2.79. The number of nitrogens with zero attached hydrogens (tertiary/aromatic N) is 1. The summed E-state index contributed by atoms with van der Waals surface area (Å²) in [5, 5.41) is 1.96. The predicted molar refractivity (Wildman–Crippen MR) is 70.0 cm³/mol. The molecule has 1 atom stereocenters. The molecule has 0 saturated carbocycles. The number of aromatic amines is 1. The molecule has 0 spiro atoms. The van der Waals surface area contributed by atoms with Crippen LogP contribution in [-0.4, -0.2) is 9.97 Å². The van der Waals surface area contributed by atoms with E-state index in [0.717, 1.165) is 4.88 Å². The highest BCUT2D eigenvalue weighted by Gasteiger charge is 2.22. The van der Waals surface area contributed by atoms with E-state index in [4.69, 9.17) is 5.73 Å². The summed E-state index contributed by atoms with van der Waals surface area (Å²) in [6.07, 6.45) is 0.712. The van der Waals surface area contributed by atoms with Gasteiger partial charge in [0.05, 0.1) is 16.1 Å². The number of hydrogen-bond donors (Lipinski definition) is 2. The van der Waals surface area contributed by atoms with Crippen molar-refractivity contribution in [2.45, 2.75) is 25.8 Å². The molecule has 2 aromatic rings. The number of aromatic nitrogens is 2. The molecule has 3 N–H and O–H groups in total. The van der Waals surface area contributed by atoms with Gasteiger partial charge in [-0.15, -0.1) is 11.3 Å². The van der Waals surface area contributed by atoms with E-state index in [1.165, 1.54) is 6.07 Å².